The van der Waals surface area contributed by atoms with Crippen molar-refractivity contribution in [3.05, 3.63) is 57.9 Å². The van der Waals surface area contributed by atoms with Crippen molar-refractivity contribution < 1.29 is 4.79 Å². The third-order valence-electron chi connectivity index (χ3n) is 5.10. The molecule has 1 aliphatic heterocycles. The number of benzene rings is 1. The summed E-state index contributed by atoms with van der Waals surface area (Å²) in [5.74, 6) is -0.00646. The van der Waals surface area contributed by atoms with Crippen LogP contribution in [-0.2, 0) is 7.05 Å². The maximum absolute atomic E-state index is 13.6. The summed E-state index contributed by atoms with van der Waals surface area (Å²) in [5.41, 5.74) is 3.97. The zero-order chi connectivity index (χ0) is 19.1. The fourth-order valence-electron chi connectivity index (χ4n) is 3.86. The van der Waals surface area contributed by atoms with E-state index < -0.39 is 0 Å². The molecular weight excluding hydrogens is 433 g/mol. The van der Waals surface area contributed by atoms with Gasteiger partial charge in [-0.1, -0.05) is 29.8 Å². The Labute approximate surface area is 187 Å². The number of carbonyl (C=O) groups is 1. The van der Waals surface area contributed by atoms with Gasteiger partial charge in [0.05, 0.1) is 22.7 Å². The smallest absolute Gasteiger partial charge is 0.255 e. The number of amides is 1. The van der Waals surface area contributed by atoms with Gasteiger partial charge in [-0.25, -0.2) is 4.98 Å². The Kier molecular flexibility index (Phi) is 7.51. The lowest BCUT2D eigenvalue weighted by Crippen LogP contribution is -2.48. The van der Waals surface area contributed by atoms with E-state index in [0.29, 0.717) is 23.7 Å². The average molecular weight is 457 g/mol. The minimum Gasteiger partial charge on any atom is -0.329 e. The lowest BCUT2D eigenvalue weighted by atomic mass is 10.0. The SMILES string of the molecule is Cc1cc(C(=O)N2CCNCC2c2ccccc2Cl)c2c(C)nn(C)c2n1.Cl.Cl. The quantitative estimate of drug-likeness (QED) is 0.636. The second-order valence-corrected chi connectivity index (χ2v) is 7.37. The second kappa shape index (κ2) is 9.30. The fraction of sp³-hybridized carbons (Fsp3) is 0.350. The largest absolute Gasteiger partial charge is 0.329 e. The number of pyridine rings is 1. The molecule has 2 aromatic heterocycles. The number of rotatable bonds is 2. The van der Waals surface area contributed by atoms with Crippen molar-refractivity contribution in [2.45, 2.75) is 19.9 Å². The van der Waals surface area contributed by atoms with Gasteiger partial charge < -0.3 is 10.2 Å². The minimum absolute atomic E-state index is 0. The molecule has 29 heavy (non-hydrogen) atoms. The molecule has 1 unspecified atom stereocenters. The van der Waals surface area contributed by atoms with Crippen LogP contribution in [0.5, 0.6) is 0 Å². The number of aromatic nitrogens is 3. The van der Waals surface area contributed by atoms with E-state index in [4.69, 9.17) is 11.6 Å². The summed E-state index contributed by atoms with van der Waals surface area (Å²) < 4.78 is 1.73. The molecule has 0 bridgehead atoms. The van der Waals surface area contributed by atoms with Crippen LogP contribution in [0.2, 0.25) is 5.02 Å². The van der Waals surface area contributed by atoms with E-state index in [1.807, 2.05) is 56.1 Å². The number of carbonyl (C=O) groups excluding carboxylic acids is 1. The van der Waals surface area contributed by atoms with E-state index in [9.17, 15) is 4.79 Å². The predicted molar refractivity (Wildman–Crippen MR) is 121 cm³/mol. The maximum atomic E-state index is 13.6. The molecule has 4 rings (SSSR count). The Morgan fingerprint density at radius 1 is 1.24 bits per heavy atom. The molecule has 3 aromatic rings. The zero-order valence-corrected chi connectivity index (χ0v) is 18.9. The minimum atomic E-state index is -0.111. The summed E-state index contributed by atoms with van der Waals surface area (Å²) >= 11 is 6.43. The lowest BCUT2D eigenvalue weighted by molar-refractivity contribution is 0.0636. The number of hydrogen-bond acceptors (Lipinski definition) is 4. The normalized spacial score (nSPS) is 16.3. The first-order valence-corrected chi connectivity index (χ1v) is 9.42. The van der Waals surface area contributed by atoms with E-state index in [2.05, 4.69) is 15.4 Å². The van der Waals surface area contributed by atoms with Gasteiger partial charge in [-0.15, -0.1) is 24.8 Å². The van der Waals surface area contributed by atoms with E-state index in [0.717, 1.165) is 34.5 Å². The molecule has 1 N–H and O–H groups in total. The summed E-state index contributed by atoms with van der Waals surface area (Å²) in [7, 11) is 1.85. The van der Waals surface area contributed by atoms with Gasteiger partial charge in [-0.2, -0.15) is 5.10 Å². The van der Waals surface area contributed by atoms with Gasteiger partial charge in [-0.05, 0) is 31.5 Å². The summed E-state index contributed by atoms with van der Waals surface area (Å²) in [4.78, 5) is 20.1. The number of hydrogen-bond donors (Lipinski definition) is 1. The molecule has 1 fully saturated rings. The zero-order valence-electron chi connectivity index (χ0n) is 16.5. The molecule has 1 saturated heterocycles. The molecule has 1 amide bonds. The third-order valence-corrected chi connectivity index (χ3v) is 5.44. The van der Waals surface area contributed by atoms with Crippen molar-refractivity contribution in [3.8, 4) is 0 Å². The first-order valence-electron chi connectivity index (χ1n) is 9.04. The predicted octanol–water partition coefficient (Wildman–Crippen LogP) is 3.87. The van der Waals surface area contributed by atoms with Gasteiger partial charge in [-0.3, -0.25) is 9.48 Å². The highest BCUT2D eigenvalue weighted by molar-refractivity contribution is 6.31. The Hall–Kier alpha value is -1.86. The topological polar surface area (TPSA) is 63.1 Å². The Morgan fingerprint density at radius 2 is 1.97 bits per heavy atom. The van der Waals surface area contributed by atoms with Crippen LogP contribution in [0.15, 0.2) is 30.3 Å². The number of halogens is 3. The van der Waals surface area contributed by atoms with Gasteiger partial charge in [0.2, 0.25) is 0 Å². The van der Waals surface area contributed by atoms with Crippen LogP contribution in [0, 0.1) is 13.8 Å². The number of nitrogens with one attached hydrogen (secondary N) is 1. The third kappa shape index (κ3) is 4.21. The standard InChI is InChI=1S/C20H22ClN5O.2ClH/c1-12-10-15(18-13(2)24-25(3)19(18)23-12)20(27)26-9-8-22-11-17(26)14-6-4-5-7-16(14)21;;/h4-7,10,17,22H,8-9,11H2,1-3H3;2*1H. The van der Waals surface area contributed by atoms with Crippen molar-refractivity contribution in [2.75, 3.05) is 19.6 Å². The van der Waals surface area contributed by atoms with Crippen LogP contribution in [-0.4, -0.2) is 45.2 Å². The highest BCUT2D eigenvalue weighted by Crippen LogP contribution is 2.31. The van der Waals surface area contributed by atoms with Crippen LogP contribution < -0.4 is 5.32 Å². The van der Waals surface area contributed by atoms with Crippen LogP contribution >= 0.6 is 36.4 Å². The molecule has 0 saturated carbocycles. The van der Waals surface area contributed by atoms with E-state index >= 15 is 0 Å². The average Bonchev–Trinajstić information content (AvgIpc) is 2.94. The second-order valence-electron chi connectivity index (χ2n) is 6.96. The summed E-state index contributed by atoms with van der Waals surface area (Å²) in [5, 5.41) is 9.34. The van der Waals surface area contributed by atoms with Crippen molar-refractivity contribution >= 4 is 53.4 Å². The number of aryl methyl sites for hydroxylation is 3. The van der Waals surface area contributed by atoms with Crippen LogP contribution in [0.4, 0.5) is 0 Å². The van der Waals surface area contributed by atoms with E-state index in [1.54, 1.807) is 4.68 Å². The van der Waals surface area contributed by atoms with Crippen molar-refractivity contribution in [2.24, 2.45) is 7.05 Å². The van der Waals surface area contributed by atoms with Gasteiger partial charge >= 0.3 is 0 Å². The van der Waals surface area contributed by atoms with Crippen LogP contribution in [0.1, 0.15) is 33.4 Å². The van der Waals surface area contributed by atoms with Crippen LogP contribution in [0.3, 0.4) is 0 Å². The molecule has 1 aliphatic rings. The van der Waals surface area contributed by atoms with Gasteiger partial charge in [0.25, 0.3) is 5.91 Å². The van der Waals surface area contributed by atoms with Gasteiger partial charge in [0.1, 0.15) is 0 Å². The highest BCUT2D eigenvalue weighted by atomic mass is 35.5. The molecule has 0 spiro atoms. The van der Waals surface area contributed by atoms with Gasteiger partial charge in [0, 0.05) is 37.4 Å². The number of fused-ring (bicyclic) bond motifs is 1. The maximum Gasteiger partial charge on any atom is 0.255 e. The molecule has 156 valence electrons. The Morgan fingerprint density at radius 3 is 2.69 bits per heavy atom. The highest BCUT2D eigenvalue weighted by Gasteiger charge is 2.31. The number of piperazine rings is 1. The summed E-state index contributed by atoms with van der Waals surface area (Å²) in [6, 6.07) is 9.48. The molecule has 6 nitrogen and oxygen atoms in total. The fourth-order valence-corrected chi connectivity index (χ4v) is 4.13. The lowest BCUT2D eigenvalue weighted by Gasteiger charge is -2.37. The van der Waals surface area contributed by atoms with E-state index in [1.165, 1.54) is 0 Å². The van der Waals surface area contributed by atoms with E-state index in [-0.39, 0.29) is 36.8 Å². The van der Waals surface area contributed by atoms with Crippen molar-refractivity contribution in [1.29, 1.82) is 0 Å². The molecule has 9 heteroatoms. The molecule has 3 heterocycles. The Bertz CT molecular complexity index is 1040. The monoisotopic (exact) mass is 455 g/mol. The molecule has 0 aliphatic carbocycles. The first kappa shape index (κ1) is 23.4. The van der Waals surface area contributed by atoms with Crippen molar-refractivity contribution in [3.63, 3.8) is 0 Å². The van der Waals surface area contributed by atoms with Gasteiger partial charge in [0.15, 0.2) is 5.65 Å². The first-order chi connectivity index (χ1) is 13.0. The summed E-state index contributed by atoms with van der Waals surface area (Å²) in [6.45, 7) is 5.87. The molecule has 1 aromatic carbocycles. The molecule has 0 radical (unpaired) electrons. The molecule has 1 atom stereocenters. The van der Waals surface area contributed by atoms with Crippen molar-refractivity contribution in [1.82, 2.24) is 25.0 Å². The van der Waals surface area contributed by atoms with Crippen LogP contribution in [0.25, 0.3) is 11.0 Å². The molecular formula is C20H24Cl3N5O. The number of nitrogens with zero attached hydrogens (tertiary/aromatic N) is 4. The Balaban J connectivity index is 0.00000150. The summed E-state index contributed by atoms with van der Waals surface area (Å²) in [6.07, 6.45) is 0.